The summed E-state index contributed by atoms with van der Waals surface area (Å²) in [6.45, 7) is 7.71. The Bertz CT molecular complexity index is 1030. The van der Waals surface area contributed by atoms with E-state index in [1.807, 2.05) is 25.3 Å². The molecule has 1 fully saturated rings. The predicted molar refractivity (Wildman–Crippen MR) is 110 cm³/mol. The van der Waals surface area contributed by atoms with Gasteiger partial charge in [0.05, 0.1) is 17.8 Å². The van der Waals surface area contributed by atoms with Gasteiger partial charge in [-0.25, -0.2) is 9.97 Å². The predicted octanol–water partition coefficient (Wildman–Crippen LogP) is 4.33. The van der Waals surface area contributed by atoms with Crippen LogP contribution in [0.3, 0.4) is 0 Å². The molecular weight excluding hydrogens is 395 g/mol. The fraction of sp³-hybridized carbons (Fsp3) is 0.450. The molecule has 0 aliphatic carbocycles. The van der Waals surface area contributed by atoms with Gasteiger partial charge in [-0.2, -0.15) is 18.2 Å². The molecule has 160 valence electrons. The van der Waals surface area contributed by atoms with Crippen LogP contribution in [0.1, 0.15) is 38.8 Å². The number of nitrogens with one attached hydrogen (secondary N) is 3. The number of anilines is 3. The molecule has 0 radical (unpaired) electrons. The van der Waals surface area contributed by atoms with Crippen molar-refractivity contribution in [1.29, 1.82) is 0 Å². The average molecular weight is 419 g/mol. The maximum absolute atomic E-state index is 12.8. The Morgan fingerprint density at radius 2 is 1.83 bits per heavy atom. The van der Waals surface area contributed by atoms with Crippen LogP contribution in [-0.2, 0) is 6.18 Å². The number of hydrogen-bond donors (Lipinski definition) is 3. The highest BCUT2D eigenvalue weighted by Crippen LogP contribution is 2.32. The number of aromatic nitrogens is 4. The van der Waals surface area contributed by atoms with Crippen LogP contribution in [0.4, 0.5) is 30.8 Å². The van der Waals surface area contributed by atoms with Crippen molar-refractivity contribution in [3.8, 4) is 0 Å². The summed E-state index contributed by atoms with van der Waals surface area (Å²) in [6, 6.07) is 5.04. The van der Waals surface area contributed by atoms with E-state index >= 15 is 0 Å². The van der Waals surface area contributed by atoms with Crippen LogP contribution in [0.15, 0.2) is 30.5 Å². The quantitative estimate of drug-likeness (QED) is 0.584. The lowest BCUT2D eigenvalue weighted by atomic mass is 10.1. The Hall–Kier alpha value is -2.88. The summed E-state index contributed by atoms with van der Waals surface area (Å²) >= 11 is 0. The van der Waals surface area contributed by atoms with Crippen LogP contribution in [0.5, 0.6) is 0 Å². The van der Waals surface area contributed by atoms with E-state index in [1.54, 1.807) is 6.20 Å². The maximum atomic E-state index is 12.8. The number of hydrogen-bond acceptors (Lipinski definition) is 6. The molecule has 1 aliphatic rings. The third-order valence-corrected chi connectivity index (χ3v) is 4.79. The van der Waals surface area contributed by atoms with Crippen molar-refractivity contribution in [3.05, 3.63) is 36.0 Å². The molecule has 0 bridgehead atoms. The Morgan fingerprint density at radius 1 is 1.10 bits per heavy atom. The van der Waals surface area contributed by atoms with Gasteiger partial charge in [-0.05, 0) is 58.0 Å². The molecule has 3 heterocycles. The van der Waals surface area contributed by atoms with Crippen LogP contribution >= 0.6 is 0 Å². The highest BCUT2D eigenvalue weighted by atomic mass is 19.4. The largest absolute Gasteiger partial charge is 0.416 e. The number of halogens is 3. The topological polar surface area (TPSA) is 79.7 Å². The minimum Gasteiger partial charge on any atom is -0.350 e. The third-order valence-electron chi connectivity index (χ3n) is 4.79. The van der Waals surface area contributed by atoms with Crippen molar-refractivity contribution < 1.29 is 13.2 Å². The number of fused-ring (bicyclic) bond motifs is 1. The molecule has 0 saturated carbocycles. The first kappa shape index (κ1) is 20.4. The van der Waals surface area contributed by atoms with Gasteiger partial charge in [-0.15, -0.1) is 0 Å². The second kappa shape index (κ2) is 7.42. The van der Waals surface area contributed by atoms with E-state index in [-0.39, 0.29) is 11.6 Å². The summed E-state index contributed by atoms with van der Waals surface area (Å²) in [7, 11) is 0. The van der Waals surface area contributed by atoms with Crippen molar-refractivity contribution in [2.24, 2.45) is 0 Å². The lowest BCUT2D eigenvalue weighted by Gasteiger charge is -2.20. The van der Waals surface area contributed by atoms with Crippen LogP contribution < -0.4 is 16.0 Å². The first-order chi connectivity index (χ1) is 14.1. The molecular formula is C20H24F3N7. The fourth-order valence-corrected chi connectivity index (χ4v) is 3.45. The van der Waals surface area contributed by atoms with E-state index in [0.717, 1.165) is 31.6 Å². The Kier molecular flexibility index (Phi) is 5.05. The molecule has 10 heteroatoms. The van der Waals surface area contributed by atoms with Crippen molar-refractivity contribution in [3.63, 3.8) is 0 Å². The van der Waals surface area contributed by atoms with E-state index in [4.69, 9.17) is 0 Å². The summed E-state index contributed by atoms with van der Waals surface area (Å²) < 4.78 is 40.5. The third kappa shape index (κ3) is 4.33. The monoisotopic (exact) mass is 419 g/mol. The molecule has 3 aromatic rings. The van der Waals surface area contributed by atoms with Gasteiger partial charge in [0.15, 0.2) is 5.65 Å². The number of benzene rings is 1. The first-order valence-electron chi connectivity index (χ1n) is 9.78. The van der Waals surface area contributed by atoms with Gasteiger partial charge in [0, 0.05) is 17.8 Å². The van der Waals surface area contributed by atoms with E-state index in [1.165, 1.54) is 12.1 Å². The lowest BCUT2D eigenvalue weighted by molar-refractivity contribution is -0.137. The normalized spacial score (nSPS) is 17.5. The number of alkyl halides is 3. The Morgan fingerprint density at radius 3 is 2.43 bits per heavy atom. The molecule has 7 nitrogen and oxygen atoms in total. The SMILES string of the molecule is CC(C)(C)Nc1ncc2nc(Nc3ccc(C(F)(F)F)cc3)n(C3CCNC3)c2n1. The second-order valence-corrected chi connectivity index (χ2v) is 8.43. The van der Waals surface area contributed by atoms with Gasteiger partial charge in [0.25, 0.3) is 0 Å². The summed E-state index contributed by atoms with van der Waals surface area (Å²) in [4.78, 5) is 13.6. The summed E-state index contributed by atoms with van der Waals surface area (Å²) in [5.74, 6) is 1.03. The number of rotatable bonds is 4. The van der Waals surface area contributed by atoms with Gasteiger partial charge < -0.3 is 16.0 Å². The summed E-state index contributed by atoms with van der Waals surface area (Å²) in [5, 5.41) is 9.75. The maximum Gasteiger partial charge on any atom is 0.416 e. The molecule has 1 aliphatic heterocycles. The van der Waals surface area contributed by atoms with E-state index in [0.29, 0.717) is 28.7 Å². The van der Waals surface area contributed by atoms with E-state index < -0.39 is 11.7 Å². The molecule has 1 atom stereocenters. The molecule has 0 spiro atoms. The molecule has 2 aromatic heterocycles. The Balaban J connectivity index is 1.72. The van der Waals surface area contributed by atoms with Crippen LogP contribution in [0.25, 0.3) is 11.2 Å². The highest BCUT2D eigenvalue weighted by Gasteiger charge is 2.30. The van der Waals surface area contributed by atoms with Crippen molar-refractivity contribution in [2.75, 3.05) is 23.7 Å². The first-order valence-corrected chi connectivity index (χ1v) is 9.78. The average Bonchev–Trinajstić information content (AvgIpc) is 3.27. The molecule has 4 rings (SSSR count). The molecule has 3 N–H and O–H groups in total. The van der Waals surface area contributed by atoms with Gasteiger partial charge in [-0.3, -0.25) is 4.57 Å². The number of nitrogens with zero attached hydrogens (tertiary/aromatic N) is 4. The summed E-state index contributed by atoms with van der Waals surface area (Å²) in [6.07, 6.45) is -1.81. The zero-order valence-corrected chi connectivity index (χ0v) is 17.0. The zero-order valence-electron chi connectivity index (χ0n) is 17.0. The van der Waals surface area contributed by atoms with E-state index in [9.17, 15) is 13.2 Å². The second-order valence-electron chi connectivity index (χ2n) is 8.43. The van der Waals surface area contributed by atoms with Gasteiger partial charge in [0.1, 0.15) is 5.52 Å². The molecule has 0 amide bonds. The minimum absolute atomic E-state index is 0.129. The van der Waals surface area contributed by atoms with Gasteiger partial charge in [-0.1, -0.05) is 0 Å². The molecule has 1 saturated heterocycles. The van der Waals surface area contributed by atoms with E-state index in [2.05, 4.69) is 30.9 Å². The smallest absolute Gasteiger partial charge is 0.350 e. The molecule has 1 aromatic carbocycles. The minimum atomic E-state index is -4.37. The Labute approximate surface area is 172 Å². The molecule has 30 heavy (non-hydrogen) atoms. The summed E-state index contributed by atoms with van der Waals surface area (Å²) in [5.41, 5.74) is 0.932. The van der Waals surface area contributed by atoms with Crippen LogP contribution in [-0.4, -0.2) is 38.1 Å². The number of imidazole rings is 1. The van der Waals surface area contributed by atoms with Crippen LogP contribution in [0.2, 0.25) is 0 Å². The zero-order chi connectivity index (χ0) is 21.5. The van der Waals surface area contributed by atoms with Crippen molar-refractivity contribution in [1.82, 2.24) is 24.8 Å². The highest BCUT2D eigenvalue weighted by molar-refractivity contribution is 5.76. The molecule has 1 unspecified atom stereocenters. The van der Waals surface area contributed by atoms with Gasteiger partial charge in [0.2, 0.25) is 11.9 Å². The fourth-order valence-electron chi connectivity index (χ4n) is 3.45. The van der Waals surface area contributed by atoms with Gasteiger partial charge >= 0.3 is 6.18 Å². The van der Waals surface area contributed by atoms with Crippen LogP contribution in [0, 0.1) is 0 Å². The lowest BCUT2D eigenvalue weighted by Crippen LogP contribution is -2.27. The van der Waals surface area contributed by atoms with Crippen molar-refractivity contribution >= 4 is 28.7 Å². The van der Waals surface area contributed by atoms with Crippen molar-refractivity contribution in [2.45, 2.75) is 44.9 Å². The standard InChI is InChI=1S/C20H24F3N7/c1-19(2,3)29-17-25-11-15-16(28-17)30(14-8-9-24-10-14)18(27-15)26-13-6-4-12(5-7-13)20(21,22)23/h4-7,11,14,24H,8-10H2,1-3H3,(H,26,27)(H,25,28,29).